The van der Waals surface area contributed by atoms with Gasteiger partial charge in [0.05, 0.1) is 12.1 Å². The van der Waals surface area contributed by atoms with Crippen molar-refractivity contribution in [1.29, 1.82) is 0 Å². The molecule has 0 bridgehead atoms. The van der Waals surface area contributed by atoms with Crippen molar-refractivity contribution in [2.45, 2.75) is 20.0 Å². The topological polar surface area (TPSA) is 70.7 Å². The van der Waals surface area contributed by atoms with Crippen LogP contribution in [0.1, 0.15) is 17.0 Å². The summed E-state index contributed by atoms with van der Waals surface area (Å²) in [5.74, 6) is 0.660. The lowest BCUT2D eigenvalue weighted by molar-refractivity contribution is 0.660. The standard InChI is InChI=1S/C14H14N4OS/c1-9-6-15-4-2-10(9)7-16-8-12-17-11-3-5-20-13(11)14(19)18-12/h2-6,16H,7-8H2,1H3,(H,17,18,19). The van der Waals surface area contributed by atoms with E-state index in [9.17, 15) is 4.79 Å². The fourth-order valence-corrected chi connectivity index (χ4v) is 2.75. The Hall–Kier alpha value is -2.05. The Morgan fingerprint density at radius 1 is 1.35 bits per heavy atom. The summed E-state index contributed by atoms with van der Waals surface area (Å²) < 4.78 is 0.679. The lowest BCUT2D eigenvalue weighted by atomic mass is 10.1. The Morgan fingerprint density at radius 3 is 3.10 bits per heavy atom. The van der Waals surface area contributed by atoms with Gasteiger partial charge >= 0.3 is 0 Å². The highest BCUT2D eigenvalue weighted by molar-refractivity contribution is 7.17. The van der Waals surface area contributed by atoms with E-state index < -0.39 is 0 Å². The number of aromatic nitrogens is 3. The molecule has 3 rings (SSSR count). The summed E-state index contributed by atoms with van der Waals surface area (Å²) in [6.45, 7) is 3.28. The summed E-state index contributed by atoms with van der Waals surface area (Å²) in [7, 11) is 0. The van der Waals surface area contributed by atoms with E-state index in [1.165, 1.54) is 16.9 Å². The highest BCUT2D eigenvalue weighted by Crippen LogP contribution is 2.13. The number of thiophene rings is 1. The van der Waals surface area contributed by atoms with E-state index in [0.29, 0.717) is 17.1 Å². The number of rotatable bonds is 4. The SMILES string of the molecule is Cc1cnccc1CNCc1nc2ccsc2c(=O)[nH]1. The summed E-state index contributed by atoms with van der Waals surface area (Å²) >= 11 is 1.41. The second-order valence-electron chi connectivity index (χ2n) is 4.55. The molecule has 0 radical (unpaired) electrons. The molecule has 0 fully saturated rings. The van der Waals surface area contributed by atoms with Gasteiger partial charge in [0.1, 0.15) is 10.5 Å². The number of fused-ring (bicyclic) bond motifs is 1. The molecule has 0 aromatic carbocycles. The quantitative estimate of drug-likeness (QED) is 0.769. The van der Waals surface area contributed by atoms with Crippen molar-refractivity contribution in [2.75, 3.05) is 0 Å². The molecule has 0 unspecified atom stereocenters. The maximum absolute atomic E-state index is 11.8. The number of hydrogen-bond donors (Lipinski definition) is 2. The van der Waals surface area contributed by atoms with Crippen LogP contribution in [0, 0.1) is 6.92 Å². The summed E-state index contributed by atoms with van der Waals surface area (Å²) in [5.41, 5.74) is 3.03. The van der Waals surface area contributed by atoms with Crippen molar-refractivity contribution in [3.63, 3.8) is 0 Å². The van der Waals surface area contributed by atoms with Gasteiger partial charge in [0, 0.05) is 18.9 Å². The lowest BCUT2D eigenvalue weighted by Crippen LogP contribution is -2.19. The molecule has 6 heteroatoms. The van der Waals surface area contributed by atoms with Gasteiger partial charge < -0.3 is 10.3 Å². The van der Waals surface area contributed by atoms with Crippen LogP contribution in [0.2, 0.25) is 0 Å². The molecule has 2 N–H and O–H groups in total. The van der Waals surface area contributed by atoms with Gasteiger partial charge in [-0.05, 0) is 35.6 Å². The number of aryl methyl sites for hydroxylation is 1. The van der Waals surface area contributed by atoms with Crippen molar-refractivity contribution < 1.29 is 0 Å². The lowest BCUT2D eigenvalue weighted by Gasteiger charge is -2.06. The second kappa shape index (κ2) is 5.52. The predicted octanol–water partition coefficient (Wildman–Crippen LogP) is 1.98. The second-order valence-corrected chi connectivity index (χ2v) is 5.47. The van der Waals surface area contributed by atoms with Crippen molar-refractivity contribution in [3.05, 3.63) is 57.2 Å². The monoisotopic (exact) mass is 286 g/mol. The van der Waals surface area contributed by atoms with Crippen LogP contribution in [-0.2, 0) is 13.1 Å². The van der Waals surface area contributed by atoms with Crippen LogP contribution in [0.15, 0.2) is 34.7 Å². The molecule has 0 spiro atoms. The molecule has 0 atom stereocenters. The van der Waals surface area contributed by atoms with Crippen LogP contribution >= 0.6 is 11.3 Å². The Kier molecular flexibility index (Phi) is 3.58. The molecule has 0 aliphatic carbocycles. The number of pyridine rings is 1. The summed E-state index contributed by atoms with van der Waals surface area (Å²) in [6, 6.07) is 3.85. The van der Waals surface area contributed by atoms with Crippen LogP contribution in [0.25, 0.3) is 10.2 Å². The van der Waals surface area contributed by atoms with Crippen LogP contribution in [-0.4, -0.2) is 15.0 Å². The normalized spacial score (nSPS) is 11.1. The van der Waals surface area contributed by atoms with E-state index in [-0.39, 0.29) is 5.56 Å². The number of H-pyrrole nitrogens is 1. The van der Waals surface area contributed by atoms with E-state index in [2.05, 4.69) is 20.3 Å². The minimum atomic E-state index is -0.0677. The van der Waals surface area contributed by atoms with Crippen LogP contribution in [0.5, 0.6) is 0 Å². The third-order valence-electron chi connectivity index (χ3n) is 3.11. The van der Waals surface area contributed by atoms with Crippen LogP contribution in [0.3, 0.4) is 0 Å². The maximum Gasteiger partial charge on any atom is 0.268 e. The fourth-order valence-electron chi connectivity index (χ4n) is 2.02. The zero-order valence-electron chi connectivity index (χ0n) is 11.0. The molecule has 5 nitrogen and oxygen atoms in total. The van der Waals surface area contributed by atoms with Gasteiger partial charge in [-0.1, -0.05) is 0 Å². The number of hydrogen-bond acceptors (Lipinski definition) is 5. The Morgan fingerprint density at radius 2 is 2.25 bits per heavy atom. The first-order chi connectivity index (χ1) is 9.74. The van der Waals surface area contributed by atoms with Crippen molar-refractivity contribution in [2.24, 2.45) is 0 Å². The molecular formula is C14H14N4OS. The molecule has 20 heavy (non-hydrogen) atoms. The highest BCUT2D eigenvalue weighted by Gasteiger charge is 2.05. The summed E-state index contributed by atoms with van der Waals surface area (Å²) in [6.07, 6.45) is 3.62. The first-order valence-corrected chi connectivity index (χ1v) is 7.18. The molecule has 0 amide bonds. The number of nitrogens with zero attached hydrogens (tertiary/aromatic N) is 2. The molecule has 0 aliphatic rings. The molecule has 0 saturated heterocycles. The van der Waals surface area contributed by atoms with Gasteiger partial charge in [-0.3, -0.25) is 9.78 Å². The summed E-state index contributed by atoms with van der Waals surface area (Å²) in [5, 5.41) is 5.17. The molecule has 3 aromatic heterocycles. The van der Waals surface area contributed by atoms with Gasteiger partial charge in [-0.2, -0.15) is 0 Å². The third-order valence-corrected chi connectivity index (χ3v) is 4.01. The average Bonchev–Trinajstić information content (AvgIpc) is 2.90. The van der Waals surface area contributed by atoms with E-state index in [1.54, 1.807) is 6.20 Å². The van der Waals surface area contributed by atoms with Gasteiger partial charge in [0.25, 0.3) is 5.56 Å². The number of aromatic amines is 1. The molecule has 3 heterocycles. The Labute approximate surface area is 119 Å². The van der Waals surface area contributed by atoms with Gasteiger partial charge in [0.15, 0.2) is 0 Å². The van der Waals surface area contributed by atoms with Gasteiger partial charge in [-0.15, -0.1) is 11.3 Å². The average molecular weight is 286 g/mol. The molecule has 0 aliphatic heterocycles. The smallest absolute Gasteiger partial charge is 0.268 e. The molecule has 102 valence electrons. The predicted molar refractivity (Wildman–Crippen MR) is 79.8 cm³/mol. The van der Waals surface area contributed by atoms with Gasteiger partial charge in [0.2, 0.25) is 0 Å². The molecule has 3 aromatic rings. The van der Waals surface area contributed by atoms with Crippen LogP contribution in [0.4, 0.5) is 0 Å². The first-order valence-electron chi connectivity index (χ1n) is 6.30. The minimum Gasteiger partial charge on any atom is -0.308 e. The van der Waals surface area contributed by atoms with Crippen molar-refractivity contribution in [3.8, 4) is 0 Å². The van der Waals surface area contributed by atoms with E-state index in [0.717, 1.165) is 17.6 Å². The van der Waals surface area contributed by atoms with Crippen molar-refractivity contribution >= 4 is 21.6 Å². The summed E-state index contributed by atoms with van der Waals surface area (Å²) in [4.78, 5) is 23.1. The minimum absolute atomic E-state index is 0.0677. The molecule has 0 saturated carbocycles. The van der Waals surface area contributed by atoms with Gasteiger partial charge in [-0.25, -0.2) is 4.98 Å². The number of nitrogens with one attached hydrogen (secondary N) is 2. The Bertz CT molecular complexity index is 793. The van der Waals surface area contributed by atoms with Crippen molar-refractivity contribution in [1.82, 2.24) is 20.3 Å². The zero-order chi connectivity index (χ0) is 13.9. The highest BCUT2D eigenvalue weighted by atomic mass is 32.1. The van der Waals surface area contributed by atoms with Crippen LogP contribution < -0.4 is 10.9 Å². The van der Waals surface area contributed by atoms with E-state index in [1.807, 2.05) is 30.6 Å². The third kappa shape index (κ3) is 2.61. The Balaban J connectivity index is 1.71. The van der Waals surface area contributed by atoms with E-state index >= 15 is 0 Å². The molecular weight excluding hydrogens is 272 g/mol. The fraction of sp³-hybridized carbons (Fsp3) is 0.214. The first kappa shape index (κ1) is 13.0. The maximum atomic E-state index is 11.8. The van der Waals surface area contributed by atoms with E-state index in [4.69, 9.17) is 0 Å². The zero-order valence-corrected chi connectivity index (χ0v) is 11.8. The largest absolute Gasteiger partial charge is 0.308 e.